The monoisotopic (exact) mass is 241 g/mol. The van der Waals surface area contributed by atoms with E-state index < -0.39 is 0 Å². The molecule has 0 amide bonds. The molecule has 0 fully saturated rings. The molecule has 0 aliphatic heterocycles. The zero-order valence-electron chi connectivity index (χ0n) is 9.90. The van der Waals surface area contributed by atoms with Gasteiger partial charge in [-0.25, -0.2) is 0 Å². The SMILES string of the molecule is CCN(CCCO)CC(=O)c1ccc(C)s1. The molecule has 0 aliphatic carbocycles. The van der Waals surface area contributed by atoms with Crippen LogP contribution in [0.5, 0.6) is 0 Å². The van der Waals surface area contributed by atoms with Crippen LogP contribution in [0.3, 0.4) is 0 Å². The van der Waals surface area contributed by atoms with Crippen molar-refractivity contribution in [1.82, 2.24) is 4.90 Å². The summed E-state index contributed by atoms with van der Waals surface area (Å²) in [4.78, 5) is 16.0. The third kappa shape index (κ3) is 4.04. The van der Waals surface area contributed by atoms with Crippen LogP contribution in [0.15, 0.2) is 12.1 Å². The van der Waals surface area contributed by atoms with Gasteiger partial charge in [-0.05, 0) is 32.0 Å². The van der Waals surface area contributed by atoms with Gasteiger partial charge in [-0.2, -0.15) is 0 Å². The zero-order chi connectivity index (χ0) is 12.0. The first-order valence-corrected chi connectivity index (χ1v) is 6.42. The molecule has 3 nitrogen and oxygen atoms in total. The largest absolute Gasteiger partial charge is 0.396 e. The molecule has 16 heavy (non-hydrogen) atoms. The second-order valence-corrected chi connectivity index (χ2v) is 5.07. The zero-order valence-corrected chi connectivity index (χ0v) is 10.7. The highest BCUT2D eigenvalue weighted by Gasteiger charge is 2.12. The van der Waals surface area contributed by atoms with Crippen LogP contribution in [-0.4, -0.2) is 42.0 Å². The van der Waals surface area contributed by atoms with Crippen molar-refractivity contribution in [2.45, 2.75) is 20.3 Å². The first-order valence-electron chi connectivity index (χ1n) is 5.60. The van der Waals surface area contributed by atoms with E-state index in [0.717, 1.165) is 24.4 Å². The van der Waals surface area contributed by atoms with Crippen molar-refractivity contribution in [1.29, 1.82) is 0 Å². The van der Waals surface area contributed by atoms with Gasteiger partial charge < -0.3 is 5.11 Å². The Morgan fingerprint density at radius 1 is 1.50 bits per heavy atom. The fraction of sp³-hybridized carbons (Fsp3) is 0.583. The van der Waals surface area contributed by atoms with Gasteiger partial charge in [-0.1, -0.05) is 6.92 Å². The molecule has 1 N–H and O–H groups in total. The standard InChI is InChI=1S/C12H19NO2S/c1-3-13(7-4-8-14)9-11(15)12-6-5-10(2)16-12/h5-6,14H,3-4,7-9H2,1-2H3. The molecule has 0 spiro atoms. The summed E-state index contributed by atoms with van der Waals surface area (Å²) in [6.45, 7) is 6.30. The van der Waals surface area contributed by atoms with Gasteiger partial charge >= 0.3 is 0 Å². The fourth-order valence-electron chi connectivity index (χ4n) is 1.51. The van der Waals surface area contributed by atoms with E-state index in [1.54, 1.807) is 11.3 Å². The molecule has 0 radical (unpaired) electrons. The Labute approximate surface area is 101 Å². The highest BCUT2D eigenvalue weighted by atomic mass is 32.1. The maximum Gasteiger partial charge on any atom is 0.186 e. The molecule has 1 rings (SSSR count). The van der Waals surface area contributed by atoms with E-state index in [0.29, 0.717) is 6.54 Å². The van der Waals surface area contributed by atoms with Gasteiger partial charge in [0.15, 0.2) is 5.78 Å². The average Bonchev–Trinajstić information content (AvgIpc) is 2.70. The minimum absolute atomic E-state index is 0.179. The summed E-state index contributed by atoms with van der Waals surface area (Å²) in [6, 6.07) is 3.87. The number of thiophene rings is 1. The molecule has 0 saturated carbocycles. The van der Waals surface area contributed by atoms with Gasteiger partial charge in [-0.15, -0.1) is 11.3 Å². The van der Waals surface area contributed by atoms with E-state index in [1.807, 2.05) is 26.0 Å². The number of rotatable bonds is 7. The van der Waals surface area contributed by atoms with Crippen LogP contribution in [-0.2, 0) is 0 Å². The lowest BCUT2D eigenvalue weighted by Crippen LogP contribution is -2.30. The Balaban J connectivity index is 2.48. The van der Waals surface area contributed by atoms with Crippen molar-refractivity contribution in [3.8, 4) is 0 Å². The normalized spacial score (nSPS) is 11.0. The molecule has 90 valence electrons. The molecule has 0 unspecified atom stereocenters. The Bertz CT molecular complexity index is 336. The van der Waals surface area contributed by atoms with E-state index in [4.69, 9.17) is 5.11 Å². The van der Waals surface area contributed by atoms with Gasteiger partial charge in [0.1, 0.15) is 0 Å². The van der Waals surface area contributed by atoms with E-state index in [9.17, 15) is 4.79 Å². The number of aryl methyl sites for hydroxylation is 1. The number of hydrogen-bond donors (Lipinski definition) is 1. The summed E-state index contributed by atoms with van der Waals surface area (Å²) in [5.41, 5.74) is 0. The van der Waals surface area contributed by atoms with Gasteiger partial charge in [0.2, 0.25) is 0 Å². The van der Waals surface area contributed by atoms with Gasteiger partial charge in [0.05, 0.1) is 11.4 Å². The van der Waals surface area contributed by atoms with Crippen molar-refractivity contribution >= 4 is 17.1 Å². The Kier molecular flexibility index (Phi) is 5.66. The van der Waals surface area contributed by atoms with Crippen LogP contribution in [0.2, 0.25) is 0 Å². The van der Waals surface area contributed by atoms with Crippen molar-refractivity contribution in [3.63, 3.8) is 0 Å². The number of Topliss-reactive ketones (excluding diaryl/α,β-unsaturated/α-hetero) is 1. The molecule has 1 heterocycles. The first-order chi connectivity index (χ1) is 7.67. The highest BCUT2D eigenvalue weighted by molar-refractivity contribution is 7.14. The van der Waals surface area contributed by atoms with Crippen LogP contribution in [0.1, 0.15) is 27.9 Å². The third-order valence-corrected chi connectivity index (χ3v) is 3.50. The van der Waals surface area contributed by atoms with Crippen LogP contribution < -0.4 is 0 Å². The summed E-state index contributed by atoms with van der Waals surface area (Å²) >= 11 is 1.55. The van der Waals surface area contributed by atoms with E-state index in [1.165, 1.54) is 4.88 Å². The molecular formula is C12H19NO2S. The van der Waals surface area contributed by atoms with Crippen LogP contribution in [0, 0.1) is 6.92 Å². The summed E-state index contributed by atoms with van der Waals surface area (Å²) in [5, 5.41) is 8.76. The minimum atomic E-state index is 0.179. The molecule has 0 bridgehead atoms. The van der Waals surface area contributed by atoms with Crippen LogP contribution >= 0.6 is 11.3 Å². The predicted molar refractivity (Wildman–Crippen MR) is 67.2 cm³/mol. The molecule has 0 aliphatic rings. The van der Waals surface area contributed by atoms with Crippen molar-refractivity contribution in [3.05, 3.63) is 21.9 Å². The lowest BCUT2D eigenvalue weighted by Gasteiger charge is -2.18. The third-order valence-electron chi connectivity index (χ3n) is 2.46. The Morgan fingerprint density at radius 2 is 2.25 bits per heavy atom. The van der Waals surface area contributed by atoms with E-state index >= 15 is 0 Å². The van der Waals surface area contributed by atoms with Crippen LogP contribution in [0.4, 0.5) is 0 Å². The summed E-state index contributed by atoms with van der Waals surface area (Å²) in [6.07, 6.45) is 0.727. The number of aliphatic hydroxyl groups excluding tert-OH is 1. The Hall–Kier alpha value is -0.710. The van der Waals surface area contributed by atoms with Crippen LogP contribution in [0.25, 0.3) is 0 Å². The topological polar surface area (TPSA) is 40.5 Å². The smallest absolute Gasteiger partial charge is 0.186 e. The lowest BCUT2D eigenvalue weighted by atomic mass is 10.3. The maximum atomic E-state index is 11.9. The lowest BCUT2D eigenvalue weighted by molar-refractivity contribution is 0.0932. The molecule has 4 heteroatoms. The molecule has 0 atom stereocenters. The van der Waals surface area contributed by atoms with Crippen molar-refractivity contribution in [2.75, 3.05) is 26.2 Å². The quantitative estimate of drug-likeness (QED) is 0.742. The number of nitrogens with zero attached hydrogens (tertiary/aromatic N) is 1. The van der Waals surface area contributed by atoms with Gasteiger partial charge in [0, 0.05) is 18.0 Å². The molecule has 0 saturated heterocycles. The number of hydrogen-bond acceptors (Lipinski definition) is 4. The Morgan fingerprint density at radius 3 is 2.75 bits per heavy atom. The predicted octanol–water partition coefficient (Wildman–Crippen LogP) is 1.94. The fourth-order valence-corrected chi connectivity index (χ4v) is 2.31. The van der Waals surface area contributed by atoms with Gasteiger partial charge in [-0.3, -0.25) is 9.69 Å². The second-order valence-electron chi connectivity index (χ2n) is 3.78. The highest BCUT2D eigenvalue weighted by Crippen LogP contribution is 2.15. The van der Waals surface area contributed by atoms with E-state index in [2.05, 4.69) is 4.90 Å². The molecule has 0 aromatic carbocycles. The first kappa shape index (κ1) is 13.4. The summed E-state index contributed by atoms with van der Waals surface area (Å²) in [7, 11) is 0. The van der Waals surface area contributed by atoms with Gasteiger partial charge in [0.25, 0.3) is 0 Å². The number of ketones is 1. The van der Waals surface area contributed by atoms with Crippen molar-refractivity contribution < 1.29 is 9.90 Å². The molecule has 1 aromatic rings. The second kappa shape index (κ2) is 6.78. The minimum Gasteiger partial charge on any atom is -0.396 e. The number of aliphatic hydroxyl groups is 1. The van der Waals surface area contributed by atoms with E-state index in [-0.39, 0.29) is 12.4 Å². The number of carbonyl (C=O) groups is 1. The number of carbonyl (C=O) groups excluding carboxylic acids is 1. The molecule has 1 aromatic heterocycles. The summed E-state index contributed by atoms with van der Waals surface area (Å²) in [5.74, 6) is 0.179. The summed E-state index contributed by atoms with van der Waals surface area (Å²) < 4.78 is 0. The maximum absolute atomic E-state index is 11.9. The average molecular weight is 241 g/mol. The number of likely N-dealkylation sites (N-methyl/N-ethyl adjacent to an activating group) is 1. The van der Waals surface area contributed by atoms with Crippen molar-refractivity contribution in [2.24, 2.45) is 0 Å². The molecular weight excluding hydrogens is 222 g/mol.